The topological polar surface area (TPSA) is 64.3 Å². The first kappa shape index (κ1) is 13.9. The van der Waals surface area contributed by atoms with E-state index >= 15 is 0 Å². The van der Waals surface area contributed by atoms with E-state index in [4.69, 9.17) is 10.5 Å². The maximum atomic E-state index is 12.2. The van der Waals surface area contributed by atoms with Crippen LogP contribution in [0.1, 0.15) is 21.5 Å². The van der Waals surface area contributed by atoms with E-state index < -0.39 is 0 Å². The van der Waals surface area contributed by atoms with E-state index in [0.717, 1.165) is 11.1 Å². The van der Waals surface area contributed by atoms with Crippen molar-refractivity contribution >= 4 is 17.3 Å². The highest BCUT2D eigenvalue weighted by molar-refractivity contribution is 6.06. The van der Waals surface area contributed by atoms with Crippen LogP contribution in [0.2, 0.25) is 0 Å². The number of carbonyl (C=O) groups excluding carboxylic acids is 1. The summed E-state index contributed by atoms with van der Waals surface area (Å²) in [6.07, 6.45) is 0. The van der Waals surface area contributed by atoms with E-state index in [-0.39, 0.29) is 5.91 Å². The van der Waals surface area contributed by atoms with Gasteiger partial charge in [0.2, 0.25) is 0 Å². The molecule has 3 N–H and O–H groups in total. The van der Waals surface area contributed by atoms with Gasteiger partial charge in [-0.2, -0.15) is 0 Å². The Morgan fingerprint density at radius 3 is 2.55 bits per heavy atom. The molecule has 0 aliphatic heterocycles. The lowest BCUT2D eigenvalue weighted by Gasteiger charge is -2.10. The molecule has 0 aliphatic rings. The van der Waals surface area contributed by atoms with Gasteiger partial charge in [0.15, 0.2) is 0 Å². The summed E-state index contributed by atoms with van der Waals surface area (Å²) in [7, 11) is 1.59. The summed E-state index contributed by atoms with van der Waals surface area (Å²) in [5.74, 6) is 0.480. The van der Waals surface area contributed by atoms with Gasteiger partial charge in [0, 0.05) is 5.56 Å². The molecule has 0 heterocycles. The maximum Gasteiger partial charge on any atom is 0.255 e. The zero-order valence-corrected chi connectivity index (χ0v) is 11.9. The molecule has 104 valence electrons. The van der Waals surface area contributed by atoms with E-state index in [1.54, 1.807) is 25.3 Å². The van der Waals surface area contributed by atoms with E-state index in [0.29, 0.717) is 22.7 Å². The first-order valence-corrected chi connectivity index (χ1v) is 6.33. The SMILES string of the molecule is COc1cc(C(=O)Nc2ccc(C)cc2N)ccc1C. The Morgan fingerprint density at radius 1 is 1.15 bits per heavy atom. The number of hydrogen-bond acceptors (Lipinski definition) is 3. The van der Waals surface area contributed by atoms with Crippen molar-refractivity contribution in [2.45, 2.75) is 13.8 Å². The number of nitrogens with two attached hydrogens (primary N) is 1. The molecule has 2 rings (SSSR count). The molecule has 1 amide bonds. The molecule has 4 heteroatoms. The van der Waals surface area contributed by atoms with Crippen molar-refractivity contribution in [2.75, 3.05) is 18.2 Å². The summed E-state index contributed by atoms with van der Waals surface area (Å²) in [5.41, 5.74) is 9.63. The van der Waals surface area contributed by atoms with Gasteiger partial charge >= 0.3 is 0 Å². The molecule has 20 heavy (non-hydrogen) atoms. The van der Waals surface area contributed by atoms with Gasteiger partial charge in [-0.25, -0.2) is 0 Å². The summed E-state index contributed by atoms with van der Waals surface area (Å²) in [4.78, 5) is 12.2. The summed E-state index contributed by atoms with van der Waals surface area (Å²) < 4.78 is 5.22. The normalized spacial score (nSPS) is 10.2. The Bertz CT molecular complexity index is 651. The van der Waals surface area contributed by atoms with Crippen LogP contribution >= 0.6 is 0 Å². The fourth-order valence-electron chi connectivity index (χ4n) is 1.95. The van der Waals surface area contributed by atoms with Gasteiger partial charge in [-0.3, -0.25) is 4.79 Å². The van der Waals surface area contributed by atoms with Crippen LogP contribution in [-0.4, -0.2) is 13.0 Å². The number of hydrogen-bond donors (Lipinski definition) is 2. The molecule has 0 aromatic heterocycles. The van der Waals surface area contributed by atoms with Crippen molar-refractivity contribution < 1.29 is 9.53 Å². The second kappa shape index (κ2) is 5.65. The summed E-state index contributed by atoms with van der Waals surface area (Å²) in [6, 6.07) is 10.9. The first-order chi connectivity index (χ1) is 9.51. The van der Waals surface area contributed by atoms with Gasteiger partial charge in [-0.1, -0.05) is 12.1 Å². The Kier molecular flexibility index (Phi) is 3.94. The second-order valence-electron chi connectivity index (χ2n) is 4.73. The minimum absolute atomic E-state index is 0.209. The first-order valence-electron chi connectivity index (χ1n) is 6.33. The van der Waals surface area contributed by atoms with Crippen LogP contribution in [0.5, 0.6) is 5.75 Å². The number of benzene rings is 2. The van der Waals surface area contributed by atoms with Crippen LogP contribution in [0.25, 0.3) is 0 Å². The smallest absolute Gasteiger partial charge is 0.255 e. The monoisotopic (exact) mass is 270 g/mol. The zero-order valence-electron chi connectivity index (χ0n) is 11.9. The molecule has 2 aromatic rings. The van der Waals surface area contributed by atoms with Gasteiger partial charge in [0.05, 0.1) is 18.5 Å². The van der Waals surface area contributed by atoms with Crippen molar-refractivity contribution in [3.05, 3.63) is 53.1 Å². The van der Waals surface area contributed by atoms with Gasteiger partial charge in [0.1, 0.15) is 5.75 Å². The van der Waals surface area contributed by atoms with Crippen molar-refractivity contribution in [1.29, 1.82) is 0 Å². The average Bonchev–Trinajstić information content (AvgIpc) is 2.42. The second-order valence-corrected chi connectivity index (χ2v) is 4.73. The lowest BCUT2D eigenvalue weighted by molar-refractivity contribution is 0.102. The molecular weight excluding hydrogens is 252 g/mol. The lowest BCUT2D eigenvalue weighted by Crippen LogP contribution is -2.13. The van der Waals surface area contributed by atoms with Gasteiger partial charge in [-0.15, -0.1) is 0 Å². The maximum absolute atomic E-state index is 12.2. The number of ether oxygens (including phenoxy) is 1. The number of amides is 1. The Morgan fingerprint density at radius 2 is 1.90 bits per heavy atom. The standard InChI is InChI=1S/C16H18N2O2/c1-10-4-7-14(13(17)8-10)18-16(19)12-6-5-11(2)15(9-12)20-3/h4-9H,17H2,1-3H3,(H,18,19). The molecule has 4 nitrogen and oxygen atoms in total. The molecule has 0 radical (unpaired) electrons. The number of aryl methyl sites for hydroxylation is 2. The summed E-state index contributed by atoms with van der Waals surface area (Å²) in [5, 5.41) is 2.80. The Balaban J connectivity index is 2.24. The van der Waals surface area contributed by atoms with Crippen molar-refractivity contribution in [2.24, 2.45) is 0 Å². The third-order valence-corrected chi connectivity index (χ3v) is 3.13. The molecular formula is C16H18N2O2. The van der Waals surface area contributed by atoms with Crippen molar-refractivity contribution in [3.8, 4) is 5.75 Å². The highest BCUT2D eigenvalue weighted by Gasteiger charge is 2.10. The third kappa shape index (κ3) is 2.91. The quantitative estimate of drug-likeness (QED) is 0.842. The summed E-state index contributed by atoms with van der Waals surface area (Å²) >= 11 is 0. The van der Waals surface area contributed by atoms with E-state index in [1.165, 1.54) is 0 Å². The highest BCUT2D eigenvalue weighted by Crippen LogP contribution is 2.22. The Hall–Kier alpha value is -2.49. The largest absolute Gasteiger partial charge is 0.496 e. The molecule has 0 spiro atoms. The minimum atomic E-state index is -0.209. The van der Waals surface area contributed by atoms with Crippen molar-refractivity contribution in [1.82, 2.24) is 0 Å². The number of carbonyl (C=O) groups is 1. The zero-order chi connectivity index (χ0) is 14.7. The van der Waals surface area contributed by atoms with Crippen LogP contribution < -0.4 is 15.8 Å². The highest BCUT2D eigenvalue weighted by atomic mass is 16.5. The lowest BCUT2D eigenvalue weighted by atomic mass is 10.1. The van der Waals surface area contributed by atoms with Crippen LogP contribution in [-0.2, 0) is 0 Å². The minimum Gasteiger partial charge on any atom is -0.496 e. The predicted octanol–water partition coefficient (Wildman–Crippen LogP) is 3.15. The number of rotatable bonds is 3. The predicted molar refractivity (Wildman–Crippen MR) is 81.3 cm³/mol. The van der Waals surface area contributed by atoms with E-state index in [2.05, 4.69) is 5.32 Å². The number of nitrogens with one attached hydrogen (secondary N) is 1. The molecule has 0 unspecified atom stereocenters. The van der Waals surface area contributed by atoms with Gasteiger partial charge in [-0.05, 0) is 49.2 Å². The van der Waals surface area contributed by atoms with Crippen LogP contribution in [0.15, 0.2) is 36.4 Å². The molecule has 0 aliphatic carbocycles. The third-order valence-electron chi connectivity index (χ3n) is 3.13. The van der Waals surface area contributed by atoms with E-state index in [9.17, 15) is 4.79 Å². The van der Waals surface area contributed by atoms with Gasteiger partial charge in [0.25, 0.3) is 5.91 Å². The summed E-state index contributed by atoms with van der Waals surface area (Å²) in [6.45, 7) is 3.88. The molecule has 0 saturated carbocycles. The van der Waals surface area contributed by atoms with Crippen LogP contribution in [0.4, 0.5) is 11.4 Å². The molecule has 0 bridgehead atoms. The fourth-order valence-corrected chi connectivity index (χ4v) is 1.95. The molecule has 0 fully saturated rings. The molecule has 2 aromatic carbocycles. The number of anilines is 2. The van der Waals surface area contributed by atoms with Crippen molar-refractivity contribution in [3.63, 3.8) is 0 Å². The fraction of sp³-hybridized carbons (Fsp3) is 0.188. The molecule has 0 saturated heterocycles. The van der Waals surface area contributed by atoms with Crippen LogP contribution in [0, 0.1) is 13.8 Å². The number of nitrogen functional groups attached to an aromatic ring is 1. The molecule has 0 atom stereocenters. The average molecular weight is 270 g/mol. The number of methoxy groups -OCH3 is 1. The Labute approximate surface area is 118 Å². The van der Waals surface area contributed by atoms with E-state index in [1.807, 2.05) is 32.0 Å². The van der Waals surface area contributed by atoms with Crippen LogP contribution in [0.3, 0.4) is 0 Å². The van der Waals surface area contributed by atoms with Gasteiger partial charge < -0.3 is 15.8 Å².